The lowest BCUT2D eigenvalue weighted by Crippen LogP contribution is -2.38. The molecule has 0 aliphatic rings. The van der Waals surface area contributed by atoms with E-state index in [-0.39, 0.29) is 17.0 Å². The Bertz CT molecular complexity index is 1190. The van der Waals surface area contributed by atoms with Gasteiger partial charge >= 0.3 is 6.18 Å². The highest BCUT2D eigenvalue weighted by molar-refractivity contribution is 5.94. The van der Waals surface area contributed by atoms with Crippen LogP contribution in [0.4, 0.5) is 13.2 Å². The van der Waals surface area contributed by atoms with E-state index in [0.717, 1.165) is 12.1 Å². The molecule has 0 aliphatic heterocycles. The average Bonchev–Trinajstić information content (AvgIpc) is 2.75. The Morgan fingerprint density at radius 2 is 1.78 bits per heavy atom. The molecule has 0 radical (unpaired) electrons. The van der Waals surface area contributed by atoms with Crippen LogP contribution >= 0.6 is 0 Å². The van der Waals surface area contributed by atoms with Crippen molar-refractivity contribution in [2.75, 3.05) is 6.54 Å². The number of carbonyl (C=O) groups excluding carboxylic acids is 1. The van der Waals surface area contributed by atoms with E-state index in [4.69, 9.17) is 0 Å². The summed E-state index contributed by atoms with van der Waals surface area (Å²) in [6.45, 7) is 6.06. The van der Waals surface area contributed by atoms with Crippen molar-refractivity contribution >= 4 is 16.8 Å². The molecule has 2 aromatic carbocycles. The van der Waals surface area contributed by atoms with E-state index < -0.39 is 23.7 Å². The van der Waals surface area contributed by atoms with E-state index in [1.54, 1.807) is 38.2 Å². The standard InChI is InChI=1S/C24H26F3N3O2/c1-15(2)12-13-30(22(31)17-8-7-9-18(14-17)24(25,26)27)16(3)21-28-20-11-6-5-10-19(20)23(32)29(21)4/h5-11,14-16H,12-13H2,1-4H3. The molecule has 0 spiro atoms. The zero-order chi connectivity index (χ0) is 23.6. The smallest absolute Gasteiger partial charge is 0.329 e. The van der Waals surface area contributed by atoms with Crippen LogP contribution in [0, 0.1) is 5.92 Å². The zero-order valence-corrected chi connectivity index (χ0v) is 18.5. The van der Waals surface area contributed by atoms with Gasteiger partial charge in [0.05, 0.1) is 22.5 Å². The fourth-order valence-electron chi connectivity index (χ4n) is 3.61. The number of hydrogen-bond donors (Lipinski definition) is 0. The Labute approximate surface area is 184 Å². The number of fused-ring (bicyclic) bond motifs is 1. The summed E-state index contributed by atoms with van der Waals surface area (Å²) in [4.78, 5) is 32.3. The summed E-state index contributed by atoms with van der Waals surface area (Å²) in [7, 11) is 1.59. The van der Waals surface area contributed by atoms with Crippen LogP contribution in [0.25, 0.3) is 10.9 Å². The number of benzene rings is 2. The lowest BCUT2D eigenvalue weighted by atomic mass is 10.1. The largest absolute Gasteiger partial charge is 0.416 e. The highest BCUT2D eigenvalue weighted by Gasteiger charge is 2.32. The van der Waals surface area contributed by atoms with Crippen molar-refractivity contribution in [3.63, 3.8) is 0 Å². The number of para-hydroxylation sites is 1. The summed E-state index contributed by atoms with van der Waals surface area (Å²) >= 11 is 0. The predicted octanol–water partition coefficient (Wildman–Crippen LogP) is 5.20. The molecule has 0 N–H and O–H groups in total. The number of amides is 1. The molecular weight excluding hydrogens is 419 g/mol. The molecule has 8 heteroatoms. The maximum atomic E-state index is 13.4. The van der Waals surface area contributed by atoms with Gasteiger partial charge in [0.2, 0.25) is 0 Å². The van der Waals surface area contributed by atoms with Crippen LogP contribution < -0.4 is 5.56 Å². The number of rotatable bonds is 6. The third-order valence-electron chi connectivity index (χ3n) is 5.50. The van der Waals surface area contributed by atoms with Crippen LogP contribution in [-0.2, 0) is 13.2 Å². The lowest BCUT2D eigenvalue weighted by molar-refractivity contribution is -0.137. The minimum Gasteiger partial charge on any atom is -0.329 e. The van der Waals surface area contributed by atoms with Gasteiger partial charge in [0, 0.05) is 19.2 Å². The molecule has 32 heavy (non-hydrogen) atoms. The lowest BCUT2D eigenvalue weighted by Gasteiger charge is -2.31. The molecule has 1 aromatic heterocycles. The van der Waals surface area contributed by atoms with Crippen LogP contribution in [0.15, 0.2) is 53.3 Å². The van der Waals surface area contributed by atoms with Gasteiger partial charge in [-0.3, -0.25) is 14.2 Å². The Morgan fingerprint density at radius 1 is 1.09 bits per heavy atom. The van der Waals surface area contributed by atoms with Gasteiger partial charge < -0.3 is 4.90 Å². The zero-order valence-electron chi connectivity index (χ0n) is 18.5. The Morgan fingerprint density at radius 3 is 2.44 bits per heavy atom. The maximum Gasteiger partial charge on any atom is 0.416 e. The van der Waals surface area contributed by atoms with E-state index in [1.807, 2.05) is 13.8 Å². The van der Waals surface area contributed by atoms with Gasteiger partial charge in [-0.15, -0.1) is 0 Å². The molecule has 1 atom stereocenters. The van der Waals surface area contributed by atoms with Crippen LogP contribution in [0.5, 0.6) is 0 Å². The molecule has 3 aromatic rings. The third kappa shape index (κ3) is 4.84. The second kappa shape index (κ2) is 9.14. The van der Waals surface area contributed by atoms with Crippen molar-refractivity contribution in [3.8, 4) is 0 Å². The normalized spacial score (nSPS) is 12.9. The fraction of sp³-hybridized carbons (Fsp3) is 0.375. The van der Waals surface area contributed by atoms with Crippen LogP contribution in [0.2, 0.25) is 0 Å². The molecule has 1 amide bonds. The minimum absolute atomic E-state index is 0.0544. The number of carbonyl (C=O) groups is 1. The summed E-state index contributed by atoms with van der Waals surface area (Å²) in [6.07, 6.45) is -3.90. The monoisotopic (exact) mass is 445 g/mol. The van der Waals surface area contributed by atoms with E-state index in [0.29, 0.717) is 29.7 Å². The van der Waals surface area contributed by atoms with Gasteiger partial charge in [-0.25, -0.2) is 4.98 Å². The van der Waals surface area contributed by atoms with Crippen molar-refractivity contribution in [2.45, 2.75) is 39.4 Å². The molecule has 1 heterocycles. The number of aromatic nitrogens is 2. The van der Waals surface area contributed by atoms with Crippen molar-refractivity contribution in [2.24, 2.45) is 13.0 Å². The maximum absolute atomic E-state index is 13.4. The number of alkyl halides is 3. The Balaban J connectivity index is 2.06. The van der Waals surface area contributed by atoms with Crippen LogP contribution in [-0.4, -0.2) is 26.9 Å². The first-order valence-electron chi connectivity index (χ1n) is 10.4. The van der Waals surface area contributed by atoms with Gasteiger partial charge in [0.15, 0.2) is 0 Å². The third-order valence-corrected chi connectivity index (χ3v) is 5.50. The van der Waals surface area contributed by atoms with E-state index in [1.165, 1.54) is 21.6 Å². The Kier molecular flexibility index (Phi) is 6.71. The number of nitrogens with zero attached hydrogens (tertiary/aromatic N) is 3. The summed E-state index contributed by atoms with van der Waals surface area (Å²) in [5.41, 5.74) is -0.669. The average molecular weight is 445 g/mol. The summed E-state index contributed by atoms with van der Waals surface area (Å²) in [5.74, 6) is 0.108. The fourth-order valence-corrected chi connectivity index (χ4v) is 3.61. The SMILES string of the molecule is CC(C)CCN(C(=O)c1cccc(C(F)(F)F)c1)C(C)c1nc2ccccc2c(=O)n1C. The Hall–Kier alpha value is -3.16. The highest BCUT2D eigenvalue weighted by Crippen LogP contribution is 2.30. The molecule has 5 nitrogen and oxygen atoms in total. The first-order chi connectivity index (χ1) is 15.0. The second-order valence-corrected chi connectivity index (χ2v) is 8.29. The second-order valence-electron chi connectivity index (χ2n) is 8.29. The van der Waals surface area contributed by atoms with Gasteiger partial charge in [0.25, 0.3) is 11.5 Å². The molecule has 0 saturated carbocycles. The van der Waals surface area contributed by atoms with E-state index in [9.17, 15) is 22.8 Å². The van der Waals surface area contributed by atoms with E-state index in [2.05, 4.69) is 4.98 Å². The van der Waals surface area contributed by atoms with Gasteiger partial charge in [-0.2, -0.15) is 13.2 Å². The van der Waals surface area contributed by atoms with Crippen molar-refractivity contribution in [1.29, 1.82) is 0 Å². The van der Waals surface area contributed by atoms with Crippen LogP contribution in [0.3, 0.4) is 0 Å². The van der Waals surface area contributed by atoms with Gasteiger partial charge in [0.1, 0.15) is 5.82 Å². The van der Waals surface area contributed by atoms with Gasteiger partial charge in [-0.05, 0) is 49.6 Å². The van der Waals surface area contributed by atoms with E-state index >= 15 is 0 Å². The van der Waals surface area contributed by atoms with Crippen LogP contribution in [0.1, 0.15) is 55.0 Å². The minimum atomic E-state index is -4.55. The van der Waals surface area contributed by atoms with Crippen molar-refractivity contribution < 1.29 is 18.0 Å². The molecule has 0 bridgehead atoms. The number of halogens is 3. The summed E-state index contributed by atoms with van der Waals surface area (Å²) in [5, 5.41) is 0.462. The first kappa shape index (κ1) is 23.5. The summed E-state index contributed by atoms with van der Waals surface area (Å²) in [6, 6.07) is 10.7. The first-order valence-corrected chi connectivity index (χ1v) is 10.4. The van der Waals surface area contributed by atoms with Gasteiger partial charge in [-0.1, -0.05) is 32.0 Å². The predicted molar refractivity (Wildman–Crippen MR) is 117 cm³/mol. The molecule has 0 saturated heterocycles. The molecule has 0 fully saturated rings. The molecular formula is C24H26F3N3O2. The quantitative estimate of drug-likeness (QED) is 0.524. The molecule has 170 valence electrons. The van der Waals surface area contributed by atoms with Crippen molar-refractivity contribution in [3.05, 3.63) is 75.8 Å². The molecule has 0 aliphatic carbocycles. The summed E-state index contributed by atoms with van der Waals surface area (Å²) < 4.78 is 40.9. The topological polar surface area (TPSA) is 55.2 Å². The molecule has 3 rings (SSSR count). The number of hydrogen-bond acceptors (Lipinski definition) is 3. The highest BCUT2D eigenvalue weighted by atomic mass is 19.4. The molecule has 1 unspecified atom stereocenters. The van der Waals surface area contributed by atoms with Crippen molar-refractivity contribution in [1.82, 2.24) is 14.5 Å².